The van der Waals surface area contributed by atoms with Crippen LogP contribution in [0.4, 0.5) is 5.82 Å². The summed E-state index contributed by atoms with van der Waals surface area (Å²) in [6, 6.07) is 18.8. The van der Waals surface area contributed by atoms with E-state index in [0.29, 0.717) is 12.4 Å². The summed E-state index contributed by atoms with van der Waals surface area (Å²) in [6.07, 6.45) is 1.74. The number of hydrogen-bond donors (Lipinski definition) is 2. The first-order valence-corrected chi connectivity index (χ1v) is 8.05. The van der Waals surface area contributed by atoms with E-state index in [1.807, 2.05) is 55.5 Å². The van der Waals surface area contributed by atoms with E-state index in [0.717, 1.165) is 11.3 Å². The maximum Gasteiger partial charge on any atom is 0.272 e. The zero-order valence-electron chi connectivity index (χ0n) is 13.9. The van der Waals surface area contributed by atoms with Gasteiger partial charge < -0.3 is 10.6 Å². The van der Waals surface area contributed by atoms with Crippen LogP contribution < -0.4 is 10.6 Å². The summed E-state index contributed by atoms with van der Waals surface area (Å²) < 4.78 is 0. The van der Waals surface area contributed by atoms with Gasteiger partial charge in [-0.05, 0) is 36.8 Å². The predicted molar refractivity (Wildman–Crippen MR) is 95.9 cm³/mol. The van der Waals surface area contributed by atoms with Crippen LogP contribution in [-0.2, 0) is 6.54 Å². The molecule has 0 saturated heterocycles. The van der Waals surface area contributed by atoms with E-state index in [9.17, 15) is 4.79 Å². The van der Waals surface area contributed by atoms with Crippen molar-refractivity contribution in [1.29, 1.82) is 0 Å². The maximum absolute atomic E-state index is 12.3. The minimum atomic E-state index is -0.250. The largest absolute Gasteiger partial charge is 0.363 e. The molecule has 3 rings (SSSR count). The molecule has 2 aromatic heterocycles. The summed E-state index contributed by atoms with van der Waals surface area (Å²) in [4.78, 5) is 16.5. The van der Waals surface area contributed by atoms with Crippen LogP contribution in [0.1, 0.15) is 34.7 Å². The standard InChI is InChI=1S/C19H19N5O/c1-14(15-7-3-2-4-8-15)22-19(25)17-10-11-18(24-23-17)21-13-16-9-5-6-12-20-16/h2-12,14H,13H2,1H3,(H,21,24)(H,22,25). The Morgan fingerprint density at radius 2 is 1.80 bits per heavy atom. The van der Waals surface area contributed by atoms with Gasteiger partial charge in [0.1, 0.15) is 5.82 Å². The first kappa shape index (κ1) is 16.6. The van der Waals surface area contributed by atoms with Crippen LogP contribution in [0.2, 0.25) is 0 Å². The summed E-state index contributed by atoms with van der Waals surface area (Å²) in [5, 5.41) is 14.1. The Balaban J connectivity index is 1.57. The maximum atomic E-state index is 12.3. The molecule has 1 unspecified atom stereocenters. The third kappa shape index (κ3) is 4.60. The number of amides is 1. The van der Waals surface area contributed by atoms with Crippen molar-refractivity contribution in [2.24, 2.45) is 0 Å². The molecule has 0 aliphatic rings. The average molecular weight is 333 g/mol. The number of pyridine rings is 1. The Hall–Kier alpha value is -3.28. The molecular formula is C19H19N5O. The SMILES string of the molecule is CC(NC(=O)c1ccc(NCc2ccccn2)nn1)c1ccccc1. The van der Waals surface area contributed by atoms with Crippen molar-refractivity contribution in [2.75, 3.05) is 5.32 Å². The lowest BCUT2D eigenvalue weighted by Crippen LogP contribution is -2.27. The van der Waals surface area contributed by atoms with Crippen LogP contribution in [0.15, 0.2) is 66.9 Å². The summed E-state index contributed by atoms with van der Waals surface area (Å²) in [5.41, 5.74) is 2.23. The van der Waals surface area contributed by atoms with E-state index in [1.165, 1.54) is 0 Å². The molecular weight excluding hydrogens is 314 g/mol. The smallest absolute Gasteiger partial charge is 0.272 e. The van der Waals surface area contributed by atoms with Crippen molar-refractivity contribution in [3.63, 3.8) is 0 Å². The van der Waals surface area contributed by atoms with E-state index in [1.54, 1.807) is 18.3 Å². The van der Waals surface area contributed by atoms with Gasteiger partial charge in [0.15, 0.2) is 5.69 Å². The first-order chi connectivity index (χ1) is 12.2. The van der Waals surface area contributed by atoms with Gasteiger partial charge in [-0.1, -0.05) is 36.4 Å². The number of benzene rings is 1. The zero-order chi connectivity index (χ0) is 17.5. The second-order valence-corrected chi connectivity index (χ2v) is 5.58. The van der Waals surface area contributed by atoms with E-state index in [-0.39, 0.29) is 17.6 Å². The lowest BCUT2D eigenvalue weighted by molar-refractivity contribution is 0.0934. The van der Waals surface area contributed by atoms with Gasteiger partial charge in [-0.15, -0.1) is 10.2 Å². The van der Waals surface area contributed by atoms with Gasteiger partial charge in [0, 0.05) is 6.20 Å². The normalized spacial score (nSPS) is 11.6. The molecule has 2 N–H and O–H groups in total. The van der Waals surface area contributed by atoms with E-state index >= 15 is 0 Å². The lowest BCUT2D eigenvalue weighted by Gasteiger charge is -2.13. The topological polar surface area (TPSA) is 79.8 Å². The van der Waals surface area contributed by atoms with Gasteiger partial charge in [0.2, 0.25) is 0 Å². The van der Waals surface area contributed by atoms with Crippen LogP contribution in [-0.4, -0.2) is 21.1 Å². The summed E-state index contributed by atoms with van der Waals surface area (Å²) >= 11 is 0. The van der Waals surface area contributed by atoms with Gasteiger partial charge in [0.25, 0.3) is 5.91 Å². The van der Waals surface area contributed by atoms with Crippen LogP contribution in [0, 0.1) is 0 Å². The minimum Gasteiger partial charge on any atom is -0.363 e. The highest BCUT2D eigenvalue weighted by Crippen LogP contribution is 2.12. The molecule has 126 valence electrons. The summed E-state index contributed by atoms with van der Waals surface area (Å²) in [6.45, 7) is 2.48. The number of hydrogen-bond acceptors (Lipinski definition) is 5. The van der Waals surface area contributed by atoms with E-state index < -0.39 is 0 Å². The van der Waals surface area contributed by atoms with Crippen LogP contribution in [0.3, 0.4) is 0 Å². The molecule has 0 aliphatic carbocycles. The highest BCUT2D eigenvalue weighted by molar-refractivity contribution is 5.92. The van der Waals surface area contributed by atoms with Gasteiger partial charge >= 0.3 is 0 Å². The first-order valence-electron chi connectivity index (χ1n) is 8.05. The Morgan fingerprint density at radius 3 is 2.48 bits per heavy atom. The van der Waals surface area contributed by atoms with Gasteiger partial charge in [-0.2, -0.15) is 0 Å². The molecule has 1 atom stereocenters. The van der Waals surface area contributed by atoms with Crippen molar-refractivity contribution in [3.8, 4) is 0 Å². The fourth-order valence-electron chi connectivity index (χ4n) is 2.33. The molecule has 0 radical (unpaired) electrons. The molecule has 6 heteroatoms. The van der Waals surface area contributed by atoms with Crippen LogP contribution in [0.25, 0.3) is 0 Å². The number of rotatable bonds is 6. The highest BCUT2D eigenvalue weighted by atomic mass is 16.2. The molecule has 1 aromatic carbocycles. The monoisotopic (exact) mass is 333 g/mol. The molecule has 0 spiro atoms. The number of carbonyl (C=O) groups is 1. The molecule has 3 aromatic rings. The Bertz CT molecular complexity index is 806. The van der Waals surface area contributed by atoms with Crippen molar-refractivity contribution in [3.05, 3.63) is 83.8 Å². The second kappa shape index (κ2) is 8.01. The fourth-order valence-corrected chi connectivity index (χ4v) is 2.33. The molecule has 0 saturated carbocycles. The van der Waals surface area contributed by atoms with E-state index in [4.69, 9.17) is 0 Å². The Morgan fingerprint density at radius 1 is 1.00 bits per heavy atom. The van der Waals surface area contributed by atoms with Crippen LogP contribution in [0.5, 0.6) is 0 Å². The third-order valence-corrected chi connectivity index (χ3v) is 3.72. The summed E-state index contributed by atoms with van der Waals surface area (Å²) in [5.74, 6) is 0.346. The van der Waals surface area contributed by atoms with Crippen molar-refractivity contribution in [1.82, 2.24) is 20.5 Å². The van der Waals surface area contributed by atoms with E-state index in [2.05, 4.69) is 25.8 Å². The molecule has 0 bridgehead atoms. The molecule has 1 amide bonds. The van der Waals surface area contributed by atoms with Gasteiger partial charge in [-0.3, -0.25) is 9.78 Å². The molecule has 2 heterocycles. The van der Waals surface area contributed by atoms with Gasteiger partial charge in [0.05, 0.1) is 18.3 Å². The Labute approximate surface area is 146 Å². The molecule has 0 fully saturated rings. The van der Waals surface area contributed by atoms with Crippen molar-refractivity contribution < 1.29 is 4.79 Å². The van der Waals surface area contributed by atoms with Gasteiger partial charge in [-0.25, -0.2) is 0 Å². The van der Waals surface area contributed by atoms with Crippen LogP contribution >= 0.6 is 0 Å². The van der Waals surface area contributed by atoms with Crippen molar-refractivity contribution in [2.45, 2.75) is 19.5 Å². The lowest BCUT2D eigenvalue weighted by atomic mass is 10.1. The van der Waals surface area contributed by atoms with Crippen molar-refractivity contribution >= 4 is 11.7 Å². The number of aromatic nitrogens is 3. The summed E-state index contributed by atoms with van der Waals surface area (Å²) in [7, 11) is 0. The second-order valence-electron chi connectivity index (χ2n) is 5.58. The molecule has 0 aliphatic heterocycles. The predicted octanol–water partition coefficient (Wildman–Crippen LogP) is 2.97. The average Bonchev–Trinajstić information content (AvgIpc) is 2.68. The Kier molecular flexibility index (Phi) is 5.31. The number of nitrogens with one attached hydrogen (secondary N) is 2. The number of nitrogens with zero attached hydrogens (tertiary/aromatic N) is 3. The number of carbonyl (C=O) groups excluding carboxylic acids is 1. The molecule has 25 heavy (non-hydrogen) atoms. The fraction of sp³-hybridized carbons (Fsp3) is 0.158. The minimum absolute atomic E-state index is 0.0996. The highest BCUT2D eigenvalue weighted by Gasteiger charge is 2.13. The number of anilines is 1. The molecule has 6 nitrogen and oxygen atoms in total. The quantitative estimate of drug-likeness (QED) is 0.725. The third-order valence-electron chi connectivity index (χ3n) is 3.72. The zero-order valence-corrected chi connectivity index (χ0v) is 13.9.